The normalized spacial score (nSPS) is 11.4. The SMILES string of the molecule is Cc1nc2ccccc2n1-c1ccccc1-c1ccccc1-c1ccccc1-c1ccccc1-c1ccccc1-c1ccccc1-n1c(C)nc2ccccc21. The van der Waals surface area contributed by atoms with E-state index >= 15 is 0 Å². The molecule has 8 aromatic carbocycles. The van der Waals surface area contributed by atoms with Crippen molar-refractivity contribution in [2.24, 2.45) is 0 Å². The molecule has 4 nitrogen and oxygen atoms in total. The maximum atomic E-state index is 4.92. The fourth-order valence-electron chi connectivity index (χ4n) is 8.51. The van der Waals surface area contributed by atoms with Crippen LogP contribution in [0.2, 0.25) is 0 Å². The van der Waals surface area contributed by atoms with Crippen molar-refractivity contribution in [2.45, 2.75) is 13.8 Å². The minimum atomic E-state index is 0.960. The van der Waals surface area contributed by atoms with Crippen molar-refractivity contribution in [3.8, 4) is 67.0 Å². The number of hydrogen-bond acceptors (Lipinski definition) is 2. The molecule has 0 N–H and O–H groups in total. The third-order valence-corrected chi connectivity index (χ3v) is 10.9. The van der Waals surface area contributed by atoms with Gasteiger partial charge in [0.25, 0.3) is 0 Å². The van der Waals surface area contributed by atoms with Crippen LogP contribution in [-0.4, -0.2) is 19.1 Å². The summed E-state index contributed by atoms with van der Waals surface area (Å²) in [6.45, 7) is 4.17. The highest BCUT2D eigenvalue weighted by Crippen LogP contribution is 2.45. The first kappa shape index (κ1) is 33.3. The highest BCUT2D eigenvalue weighted by molar-refractivity contribution is 6.00. The molecule has 0 radical (unpaired) electrons. The molecule has 0 aliphatic rings. The number of nitrogens with zero attached hydrogens (tertiary/aromatic N) is 4. The quantitative estimate of drug-likeness (QED) is 0.164. The first-order valence-corrected chi connectivity index (χ1v) is 19.1. The number of aromatic nitrogens is 4. The van der Waals surface area contributed by atoms with E-state index in [-0.39, 0.29) is 0 Å². The second kappa shape index (κ2) is 13.8. The van der Waals surface area contributed by atoms with E-state index in [1.807, 2.05) is 0 Å². The van der Waals surface area contributed by atoms with Crippen LogP contribution in [0.4, 0.5) is 0 Å². The topological polar surface area (TPSA) is 35.6 Å². The molecule has 0 aliphatic carbocycles. The van der Waals surface area contributed by atoms with Gasteiger partial charge in [0, 0.05) is 11.1 Å². The lowest BCUT2D eigenvalue weighted by Crippen LogP contribution is -2.01. The molecule has 0 unspecified atom stereocenters. The van der Waals surface area contributed by atoms with Crippen LogP contribution in [0, 0.1) is 13.8 Å². The summed E-state index contributed by atoms with van der Waals surface area (Å²) in [5, 5.41) is 0. The predicted octanol–water partition coefficient (Wildman–Crippen LogP) is 13.3. The summed E-state index contributed by atoms with van der Waals surface area (Å²) in [5.41, 5.74) is 18.1. The first-order valence-electron chi connectivity index (χ1n) is 19.1. The molecule has 56 heavy (non-hydrogen) atoms. The van der Waals surface area contributed by atoms with Crippen molar-refractivity contribution in [1.29, 1.82) is 0 Å². The smallest absolute Gasteiger partial charge is 0.111 e. The zero-order valence-electron chi connectivity index (χ0n) is 31.3. The Morgan fingerprint density at radius 2 is 0.500 bits per heavy atom. The number of rotatable bonds is 7. The number of fused-ring (bicyclic) bond motifs is 2. The van der Waals surface area contributed by atoms with Crippen LogP contribution in [-0.2, 0) is 0 Å². The molecule has 0 fully saturated rings. The highest BCUT2D eigenvalue weighted by Gasteiger charge is 2.21. The minimum absolute atomic E-state index is 0.960. The Bertz CT molecular complexity index is 2860. The Morgan fingerprint density at radius 3 is 0.821 bits per heavy atom. The third-order valence-electron chi connectivity index (χ3n) is 10.9. The summed E-state index contributed by atoms with van der Waals surface area (Å²) in [6, 6.07) is 69.4. The Morgan fingerprint density at radius 1 is 0.268 bits per heavy atom. The highest BCUT2D eigenvalue weighted by atomic mass is 15.1. The number of para-hydroxylation sites is 6. The summed E-state index contributed by atoms with van der Waals surface area (Å²) in [7, 11) is 0. The van der Waals surface area contributed by atoms with Gasteiger partial charge in [-0.05, 0) is 94.8 Å². The van der Waals surface area contributed by atoms with Gasteiger partial charge in [-0.3, -0.25) is 9.13 Å². The first-order chi connectivity index (χ1) is 27.7. The molecule has 4 heteroatoms. The molecule has 10 rings (SSSR count). The fraction of sp³-hybridized carbons (Fsp3) is 0.0385. The molecule has 0 atom stereocenters. The summed E-state index contributed by atoms with van der Waals surface area (Å²) in [6.07, 6.45) is 0. The van der Waals surface area contributed by atoms with E-state index < -0.39 is 0 Å². The lowest BCUT2D eigenvalue weighted by molar-refractivity contribution is 1.00. The van der Waals surface area contributed by atoms with Crippen LogP contribution in [0.25, 0.3) is 89.1 Å². The zero-order valence-corrected chi connectivity index (χ0v) is 31.3. The maximum Gasteiger partial charge on any atom is 0.111 e. The van der Waals surface area contributed by atoms with E-state index in [4.69, 9.17) is 9.97 Å². The molecule has 0 spiro atoms. The van der Waals surface area contributed by atoms with Gasteiger partial charge in [-0.2, -0.15) is 0 Å². The van der Waals surface area contributed by atoms with Crippen molar-refractivity contribution in [2.75, 3.05) is 0 Å². The van der Waals surface area contributed by atoms with Crippen molar-refractivity contribution in [3.05, 3.63) is 206 Å². The van der Waals surface area contributed by atoms with Crippen molar-refractivity contribution < 1.29 is 0 Å². The van der Waals surface area contributed by atoms with Gasteiger partial charge in [-0.1, -0.05) is 158 Å². The average Bonchev–Trinajstić information content (AvgIpc) is 3.78. The van der Waals surface area contributed by atoms with E-state index in [1.165, 1.54) is 44.5 Å². The van der Waals surface area contributed by atoms with Crippen LogP contribution in [0.1, 0.15) is 11.6 Å². The summed E-state index contributed by atoms with van der Waals surface area (Å²) < 4.78 is 4.57. The van der Waals surface area contributed by atoms with Gasteiger partial charge in [0.05, 0.1) is 33.4 Å². The Kier molecular flexibility index (Phi) is 8.23. The molecule has 0 saturated heterocycles. The van der Waals surface area contributed by atoms with E-state index in [9.17, 15) is 0 Å². The second-order valence-electron chi connectivity index (χ2n) is 14.2. The maximum absolute atomic E-state index is 4.92. The van der Waals surface area contributed by atoms with Crippen LogP contribution >= 0.6 is 0 Å². The molecule has 0 amide bonds. The van der Waals surface area contributed by atoms with Crippen molar-refractivity contribution in [3.63, 3.8) is 0 Å². The van der Waals surface area contributed by atoms with Crippen LogP contribution in [0.15, 0.2) is 194 Å². The molecule has 0 bridgehead atoms. The minimum Gasteiger partial charge on any atom is -0.296 e. The number of imidazole rings is 2. The summed E-state index contributed by atoms with van der Waals surface area (Å²) >= 11 is 0. The standard InChI is InChI=1S/C52H38N4/c1-35-53-47-29-13-17-33-51(47)55(35)49-31-15-11-27-45(49)43-25-9-7-23-41(43)39-21-5-3-19-37(39)38-20-4-6-22-40(38)42-24-8-10-26-44(42)46-28-12-16-32-50(46)56-36(2)54-48-30-14-18-34-52(48)56/h3-34H,1-2H3. The largest absolute Gasteiger partial charge is 0.296 e. The van der Waals surface area contributed by atoms with E-state index in [0.29, 0.717) is 0 Å². The van der Waals surface area contributed by atoms with Crippen LogP contribution < -0.4 is 0 Å². The average molecular weight is 719 g/mol. The number of benzene rings is 8. The van der Waals surface area contributed by atoms with E-state index in [2.05, 4.69) is 217 Å². The number of aryl methyl sites for hydroxylation is 2. The molecule has 10 aromatic rings. The van der Waals surface area contributed by atoms with Gasteiger partial charge in [0.2, 0.25) is 0 Å². The summed E-state index contributed by atoms with van der Waals surface area (Å²) in [5.74, 6) is 1.92. The summed E-state index contributed by atoms with van der Waals surface area (Å²) in [4.78, 5) is 9.84. The van der Waals surface area contributed by atoms with E-state index in [0.717, 1.165) is 56.2 Å². The zero-order chi connectivity index (χ0) is 37.6. The lowest BCUT2D eigenvalue weighted by Gasteiger charge is -2.21. The Balaban J connectivity index is 1.14. The molecule has 2 heterocycles. The molecular formula is C52H38N4. The third kappa shape index (κ3) is 5.54. The van der Waals surface area contributed by atoms with Gasteiger partial charge in [0.1, 0.15) is 11.6 Å². The molecule has 0 saturated carbocycles. The molecule has 0 aliphatic heterocycles. The Labute approximate surface area is 326 Å². The molecule has 2 aromatic heterocycles. The van der Waals surface area contributed by atoms with Crippen molar-refractivity contribution in [1.82, 2.24) is 19.1 Å². The lowest BCUT2D eigenvalue weighted by atomic mass is 9.85. The van der Waals surface area contributed by atoms with Crippen molar-refractivity contribution >= 4 is 22.1 Å². The predicted molar refractivity (Wildman–Crippen MR) is 232 cm³/mol. The molecule has 266 valence electrons. The second-order valence-corrected chi connectivity index (χ2v) is 14.2. The van der Waals surface area contributed by atoms with Gasteiger partial charge in [0.15, 0.2) is 0 Å². The molecular weight excluding hydrogens is 681 g/mol. The van der Waals surface area contributed by atoms with E-state index in [1.54, 1.807) is 0 Å². The van der Waals surface area contributed by atoms with Crippen LogP contribution in [0.5, 0.6) is 0 Å². The van der Waals surface area contributed by atoms with Gasteiger partial charge < -0.3 is 0 Å². The number of hydrogen-bond donors (Lipinski definition) is 0. The van der Waals surface area contributed by atoms with Gasteiger partial charge >= 0.3 is 0 Å². The fourth-order valence-corrected chi connectivity index (χ4v) is 8.51. The van der Waals surface area contributed by atoms with Gasteiger partial charge in [-0.15, -0.1) is 0 Å². The Hall–Kier alpha value is -7.30. The van der Waals surface area contributed by atoms with Gasteiger partial charge in [-0.25, -0.2) is 9.97 Å². The van der Waals surface area contributed by atoms with Crippen LogP contribution in [0.3, 0.4) is 0 Å². The monoisotopic (exact) mass is 718 g/mol.